The summed E-state index contributed by atoms with van der Waals surface area (Å²) in [5.74, 6) is 0.366. The minimum absolute atomic E-state index is 0.339. The Balaban J connectivity index is 1.82. The molecule has 3 aromatic rings. The number of anilines is 2. The molecule has 9 nitrogen and oxygen atoms in total. The van der Waals surface area contributed by atoms with E-state index in [9.17, 15) is 9.59 Å². The number of rotatable bonds is 4. The van der Waals surface area contributed by atoms with Crippen molar-refractivity contribution >= 4 is 34.4 Å². The predicted octanol–water partition coefficient (Wildman–Crippen LogP) is 2.34. The SMILES string of the molecule is COC(=O)c1cc(NC(=O)Nc2cc(OC)n(C)n2)cc2[nH]ccc12. The molecule has 130 valence electrons. The first-order valence-electron chi connectivity index (χ1n) is 7.37. The van der Waals surface area contributed by atoms with Gasteiger partial charge < -0.3 is 19.8 Å². The Kier molecular flexibility index (Phi) is 4.29. The number of nitrogens with one attached hydrogen (secondary N) is 3. The number of H-pyrrole nitrogens is 1. The average Bonchev–Trinajstić information content (AvgIpc) is 3.19. The van der Waals surface area contributed by atoms with E-state index in [4.69, 9.17) is 9.47 Å². The van der Waals surface area contributed by atoms with Crippen molar-refractivity contribution in [2.45, 2.75) is 0 Å². The van der Waals surface area contributed by atoms with Gasteiger partial charge in [0.2, 0.25) is 5.88 Å². The normalized spacial score (nSPS) is 10.5. The Bertz CT molecular complexity index is 943. The third-order valence-corrected chi connectivity index (χ3v) is 3.62. The van der Waals surface area contributed by atoms with Crippen molar-refractivity contribution in [2.75, 3.05) is 24.9 Å². The molecule has 9 heteroatoms. The number of amides is 2. The molecule has 0 atom stereocenters. The van der Waals surface area contributed by atoms with Gasteiger partial charge in [-0.1, -0.05) is 0 Å². The van der Waals surface area contributed by atoms with Crippen LogP contribution in [0.2, 0.25) is 0 Å². The lowest BCUT2D eigenvalue weighted by atomic mass is 10.1. The average molecular weight is 343 g/mol. The number of methoxy groups -OCH3 is 2. The number of aromatic amines is 1. The number of urea groups is 1. The number of aryl methyl sites for hydroxylation is 1. The minimum Gasteiger partial charge on any atom is -0.481 e. The third kappa shape index (κ3) is 3.25. The van der Waals surface area contributed by atoms with Gasteiger partial charge in [-0.25, -0.2) is 14.3 Å². The Morgan fingerprint density at radius 1 is 1.20 bits per heavy atom. The van der Waals surface area contributed by atoms with Crippen LogP contribution in [-0.2, 0) is 11.8 Å². The molecule has 0 aliphatic rings. The van der Waals surface area contributed by atoms with Crippen LogP contribution in [-0.4, -0.2) is 41.0 Å². The number of nitrogens with zero attached hydrogens (tertiary/aromatic N) is 2. The van der Waals surface area contributed by atoms with E-state index in [2.05, 4.69) is 20.7 Å². The maximum atomic E-state index is 12.2. The molecular weight excluding hydrogens is 326 g/mol. The van der Waals surface area contributed by atoms with Crippen LogP contribution in [0.3, 0.4) is 0 Å². The van der Waals surface area contributed by atoms with Gasteiger partial charge in [0, 0.05) is 35.9 Å². The van der Waals surface area contributed by atoms with Gasteiger partial charge in [0.05, 0.1) is 19.8 Å². The van der Waals surface area contributed by atoms with Crippen LogP contribution in [0.15, 0.2) is 30.5 Å². The first kappa shape index (κ1) is 16.4. The fourth-order valence-electron chi connectivity index (χ4n) is 2.50. The molecule has 0 bridgehead atoms. The van der Waals surface area contributed by atoms with E-state index in [1.165, 1.54) is 18.9 Å². The van der Waals surface area contributed by atoms with E-state index < -0.39 is 12.0 Å². The van der Waals surface area contributed by atoms with Gasteiger partial charge in [-0.15, -0.1) is 0 Å². The van der Waals surface area contributed by atoms with Crippen LogP contribution < -0.4 is 15.4 Å². The molecule has 3 rings (SSSR count). The highest BCUT2D eigenvalue weighted by atomic mass is 16.5. The number of fused-ring (bicyclic) bond motifs is 1. The fourth-order valence-corrected chi connectivity index (χ4v) is 2.50. The highest BCUT2D eigenvalue weighted by molar-refractivity contribution is 6.07. The summed E-state index contributed by atoms with van der Waals surface area (Å²) >= 11 is 0. The molecule has 0 unspecified atom stereocenters. The lowest BCUT2D eigenvalue weighted by Gasteiger charge is -2.08. The molecule has 0 saturated carbocycles. The summed E-state index contributed by atoms with van der Waals surface area (Å²) in [7, 11) is 4.52. The zero-order chi connectivity index (χ0) is 18.0. The zero-order valence-electron chi connectivity index (χ0n) is 13.9. The van der Waals surface area contributed by atoms with Gasteiger partial charge in [0.1, 0.15) is 0 Å². The summed E-state index contributed by atoms with van der Waals surface area (Å²) in [6.45, 7) is 0. The van der Waals surface area contributed by atoms with E-state index in [1.807, 2.05) is 0 Å². The maximum absolute atomic E-state index is 12.2. The van der Waals surface area contributed by atoms with Gasteiger partial charge in [-0.05, 0) is 18.2 Å². The van der Waals surface area contributed by atoms with Crippen molar-refractivity contribution in [2.24, 2.45) is 7.05 Å². The number of carbonyl (C=O) groups is 2. The molecule has 25 heavy (non-hydrogen) atoms. The van der Waals surface area contributed by atoms with Gasteiger partial charge in [0.25, 0.3) is 0 Å². The van der Waals surface area contributed by atoms with Gasteiger partial charge in [0.15, 0.2) is 5.82 Å². The summed E-state index contributed by atoms with van der Waals surface area (Å²) in [6.07, 6.45) is 1.71. The maximum Gasteiger partial charge on any atom is 0.338 e. The standard InChI is InChI=1S/C16H17N5O4/c1-21-14(24-2)8-13(20-21)19-16(23)18-9-6-11(15(22)25-3)10-4-5-17-12(10)7-9/h4-8,17H,1-3H3,(H2,18,19,20,23). The van der Waals surface area contributed by atoms with E-state index >= 15 is 0 Å². The Hall–Kier alpha value is -3.49. The lowest BCUT2D eigenvalue weighted by molar-refractivity contribution is 0.0603. The van der Waals surface area contributed by atoms with Gasteiger partial charge in [-0.2, -0.15) is 5.10 Å². The third-order valence-electron chi connectivity index (χ3n) is 3.62. The number of aromatic nitrogens is 3. The van der Waals surface area contributed by atoms with Crippen LogP contribution in [0.5, 0.6) is 5.88 Å². The molecule has 2 amide bonds. The van der Waals surface area contributed by atoms with Gasteiger partial charge >= 0.3 is 12.0 Å². The number of benzene rings is 1. The summed E-state index contributed by atoms with van der Waals surface area (Å²) in [4.78, 5) is 27.1. The number of carbonyl (C=O) groups excluding carboxylic acids is 2. The van der Waals surface area contributed by atoms with Crippen molar-refractivity contribution in [3.63, 3.8) is 0 Å². The minimum atomic E-state index is -0.498. The molecule has 3 N–H and O–H groups in total. The molecule has 2 aromatic heterocycles. The van der Waals surface area contributed by atoms with Crippen LogP contribution in [0, 0.1) is 0 Å². The first-order valence-corrected chi connectivity index (χ1v) is 7.37. The Labute approximate surface area is 142 Å². The predicted molar refractivity (Wildman–Crippen MR) is 92.0 cm³/mol. The second-order valence-electron chi connectivity index (χ2n) is 5.23. The van der Waals surface area contributed by atoms with Crippen molar-refractivity contribution in [3.8, 4) is 5.88 Å². The molecule has 0 saturated heterocycles. The number of hydrogen-bond donors (Lipinski definition) is 3. The highest BCUT2D eigenvalue weighted by Gasteiger charge is 2.15. The highest BCUT2D eigenvalue weighted by Crippen LogP contribution is 2.24. The molecule has 0 aliphatic carbocycles. The van der Waals surface area contributed by atoms with Crippen molar-refractivity contribution in [1.82, 2.24) is 14.8 Å². The summed E-state index contributed by atoms with van der Waals surface area (Å²) < 4.78 is 11.4. The van der Waals surface area contributed by atoms with Crippen molar-refractivity contribution in [1.29, 1.82) is 0 Å². The molecule has 0 spiro atoms. The summed E-state index contributed by atoms with van der Waals surface area (Å²) in [6, 6.07) is 6.14. The number of hydrogen-bond acceptors (Lipinski definition) is 5. The Morgan fingerprint density at radius 2 is 2.00 bits per heavy atom. The monoisotopic (exact) mass is 343 g/mol. The topological polar surface area (TPSA) is 110 Å². The Morgan fingerprint density at radius 3 is 2.68 bits per heavy atom. The van der Waals surface area contributed by atoms with E-state index in [0.29, 0.717) is 33.9 Å². The van der Waals surface area contributed by atoms with Crippen LogP contribution in [0.25, 0.3) is 10.9 Å². The summed E-state index contributed by atoms with van der Waals surface area (Å²) in [5, 5.41) is 10.1. The molecule has 0 aliphatic heterocycles. The lowest BCUT2D eigenvalue weighted by Crippen LogP contribution is -2.20. The smallest absolute Gasteiger partial charge is 0.338 e. The van der Waals surface area contributed by atoms with E-state index in [-0.39, 0.29) is 0 Å². The number of ether oxygens (including phenoxy) is 2. The molecule has 0 fully saturated rings. The van der Waals surface area contributed by atoms with Crippen LogP contribution in [0.1, 0.15) is 10.4 Å². The van der Waals surface area contributed by atoms with Crippen LogP contribution in [0.4, 0.5) is 16.3 Å². The van der Waals surface area contributed by atoms with E-state index in [1.54, 1.807) is 37.5 Å². The fraction of sp³-hybridized carbons (Fsp3) is 0.188. The second-order valence-corrected chi connectivity index (χ2v) is 5.23. The summed E-state index contributed by atoms with van der Waals surface area (Å²) in [5.41, 5.74) is 1.50. The quantitative estimate of drug-likeness (QED) is 0.630. The second kappa shape index (κ2) is 6.56. The zero-order valence-corrected chi connectivity index (χ0v) is 13.9. The van der Waals surface area contributed by atoms with E-state index in [0.717, 1.165) is 0 Å². The van der Waals surface area contributed by atoms with Gasteiger partial charge in [-0.3, -0.25) is 5.32 Å². The van der Waals surface area contributed by atoms with Crippen LogP contribution >= 0.6 is 0 Å². The molecular formula is C16H17N5O4. The van der Waals surface area contributed by atoms with Crippen molar-refractivity contribution in [3.05, 3.63) is 36.0 Å². The largest absolute Gasteiger partial charge is 0.481 e. The molecule has 1 aromatic carbocycles. The molecule has 2 heterocycles. The number of esters is 1. The molecule has 0 radical (unpaired) electrons. The van der Waals surface area contributed by atoms with Crippen molar-refractivity contribution < 1.29 is 19.1 Å². The first-order chi connectivity index (χ1) is 12.0.